The molecule has 0 radical (unpaired) electrons. The highest BCUT2D eigenvalue weighted by Gasteiger charge is 2.51. The van der Waals surface area contributed by atoms with Crippen molar-refractivity contribution >= 4 is 5.97 Å². The fourth-order valence-corrected chi connectivity index (χ4v) is 2.77. The van der Waals surface area contributed by atoms with Gasteiger partial charge in [-0.1, -0.05) is 64.0 Å². The standard InChI is InChI=1S/C19H34O3/c1-2-3-4-5-6-7-8-9-10-11-12-13-14-15-16-19(17-22-19)18(20)21/h9-10H,2-8,11-17H2,1H3,(H,20,21)/b10-9+. The zero-order valence-corrected chi connectivity index (χ0v) is 14.3. The summed E-state index contributed by atoms with van der Waals surface area (Å²) >= 11 is 0. The van der Waals surface area contributed by atoms with E-state index in [-0.39, 0.29) is 0 Å². The fraction of sp³-hybridized carbons (Fsp3) is 0.842. The Morgan fingerprint density at radius 3 is 1.95 bits per heavy atom. The van der Waals surface area contributed by atoms with Gasteiger partial charge >= 0.3 is 5.97 Å². The first-order chi connectivity index (χ1) is 10.7. The van der Waals surface area contributed by atoms with Gasteiger partial charge in [-0.3, -0.25) is 0 Å². The molecule has 1 atom stereocenters. The number of allylic oxidation sites excluding steroid dienone is 2. The van der Waals surface area contributed by atoms with Crippen LogP contribution in [0.4, 0.5) is 0 Å². The molecular formula is C19H34O3. The zero-order valence-electron chi connectivity index (χ0n) is 14.3. The van der Waals surface area contributed by atoms with Gasteiger partial charge in [0.2, 0.25) is 0 Å². The Balaban J connectivity index is 1.79. The highest BCUT2D eigenvalue weighted by atomic mass is 16.6. The van der Waals surface area contributed by atoms with Gasteiger partial charge in [-0.2, -0.15) is 0 Å². The van der Waals surface area contributed by atoms with Crippen molar-refractivity contribution in [2.75, 3.05) is 6.61 Å². The molecule has 22 heavy (non-hydrogen) atoms. The van der Waals surface area contributed by atoms with E-state index in [4.69, 9.17) is 9.84 Å². The van der Waals surface area contributed by atoms with Crippen molar-refractivity contribution in [1.29, 1.82) is 0 Å². The van der Waals surface area contributed by atoms with Gasteiger partial charge in [-0.05, 0) is 38.5 Å². The predicted octanol–water partition coefficient (Wildman–Crippen LogP) is 5.49. The van der Waals surface area contributed by atoms with Crippen LogP contribution in [0, 0.1) is 0 Å². The SMILES string of the molecule is CCCCCCCC/C=C/CCCCCCC1(C(=O)O)CO1. The third-order valence-electron chi connectivity index (χ3n) is 4.47. The molecule has 1 rings (SSSR count). The molecule has 0 saturated carbocycles. The molecule has 1 fully saturated rings. The van der Waals surface area contributed by atoms with Crippen molar-refractivity contribution in [3.63, 3.8) is 0 Å². The summed E-state index contributed by atoms with van der Waals surface area (Å²) in [5.74, 6) is -0.787. The lowest BCUT2D eigenvalue weighted by molar-refractivity contribution is -0.143. The molecule has 0 amide bonds. The van der Waals surface area contributed by atoms with Gasteiger partial charge in [0.05, 0.1) is 6.61 Å². The molecule has 1 saturated heterocycles. The second-order valence-electron chi connectivity index (χ2n) is 6.57. The van der Waals surface area contributed by atoms with E-state index < -0.39 is 11.6 Å². The molecule has 1 unspecified atom stereocenters. The van der Waals surface area contributed by atoms with Crippen LogP contribution in [0.25, 0.3) is 0 Å². The van der Waals surface area contributed by atoms with Gasteiger partial charge in [-0.25, -0.2) is 4.79 Å². The van der Waals surface area contributed by atoms with Crippen LogP contribution < -0.4 is 0 Å². The third-order valence-corrected chi connectivity index (χ3v) is 4.47. The second-order valence-corrected chi connectivity index (χ2v) is 6.57. The summed E-state index contributed by atoms with van der Waals surface area (Å²) in [6.45, 7) is 2.66. The average molecular weight is 310 g/mol. The van der Waals surface area contributed by atoms with Crippen molar-refractivity contribution in [3.8, 4) is 0 Å². The minimum atomic E-state index is -0.809. The summed E-state index contributed by atoms with van der Waals surface area (Å²) in [6, 6.07) is 0. The monoisotopic (exact) mass is 310 g/mol. The van der Waals surface area contributed by atoms with E-state index in [1.54, 1.807) is 0 Å². The number of ether oxygens (including phenoxy) is 1. The summed E-state index contributed by atoms with van der Waals surface area (Å²) in [5.41, 5.74) is -0.809. The quantitative estimate of drug-likeness (QED) is 0.247. The van der Waals surface area contributed by atoms with Gasteiger partial charge in [0.15, 0.2) is 5.60 Å². The molecule has 1 aliphatic heterocycles. The van der Waals surface area contributed by atoms with E-state index in [9.17, 15) is 4.79 Å². The largest absolute Gasteiger partial charge is 0.479 e. The first-order valence-electron chi connectivity index (χ1n) is 9.23. The number of unbranched alkanes of at least 4 members (excludes halogenated alkanes) is 10. The van der Waals surface area contributed by atoms with Crippen molar-refractivity contribution in [2.24, 2.45) is 0 Å². The molecular weight excluding hydrogens is 276 g/mol. The summed E-state index contributed by atoms with van der Waals surface area (Å²) in [7, 11) is 0. The summed E-state index contributed by atoms with van der Waals surface area (Å²) < 4.78 is 5.06. The number of rotatable bonds is 15. The summed E-state index contributed by atoms with van der Waals surface area (Å²) in [5, 5.41) is 8.97. The number of carboxylic acid groups (broad SMARTS) is 1. The van der Waals surface area contributed by atoms with Crippen molar-refractivity contribution in [2.45, 2.75) is 96.0 Å². The molecule has 0 spiro atoms. The van der Waals surface area contributed by atoms with E-state index in [0.29, 0.717) is 13.0 Å². The van der Waals surface area contributed by atoms with Crippen LogP contribution in [0.1, 0.15) is 90.4 Å². The maximum absolute atomic E-state index is 10.9. The van der Waals surface area contributed by atoms with Crippen molar-refractivity contribution < 1.29 is 14.6 Å². The van der Waals surface area contributed by atoms with E-state index in [1.807, 2.05) is 0 Å². The molecule has 3 heteroatoms. The summed E-state index contributed by atoms with van der Waals surface area (Å²) in [4.78, 5) is 10.9. The van der Waals surface area contributed by atoms with Crippen molar-refractivity contribution in [1.82, 2.24) is 0 Å². The van der Waals surface area contributed by atoms with Crippen LogP contribution in [0.2, 0.25) is 0 Å². The normalized spacial score (nSPS) is 20.6. The lowest BCUT2D eigenvalue weighted by Gasteiger charge is -2.05. The molecule has 0 aromatic rings. The van der Waals surface area contributed by atoms with Gasteiger partial charge in [0.1, 0.15) is 0 Å². The van der Waals surface area contributed by atoms with Gasteiger partial charge in [0, 0.05) is 0 Å². The molecule has 0 aromatic heterocycles. The molecule has 0 bridgehead atoms. The number of epoxide rings is 1. The molecule has 1 aliphatic rings. The Hall–Kier alpha value is -0.830. The lowest BCUT2D eigenvalue weighted by Crippen LogP contribution is -2.23. The topological polar surface area (TPSA) is 49.8 Å². The molecule has 0 aromatic carbocycles. The Labute approximate surface area is 136 Å². The maximum Gasteiger partial charge on any atom is 0.338 e. The van der Waals surface area contributed by atoms with Gasteiger partial charge in [-0.15, -0.1) is 0 Å². The number of hydrogen-bond donors (Lipinski definition) is 1. The third kappa shape index (κ3) is 8.57. The molecule has 3 nitrogen and oxygen atoms in total. The molecule has 1 N–H and O–H groups in total. The van der Waals surface area contributed by atoms with Crippen LogP contribution in [-0.2, 0) is 9.53 Å². The van der Waals surface area contributed by atoms with Crippen LogP contribution in [-0.4, -0.2) is 23.3 Å². The molecule has 0 aliphatic carbocycles. The number of hydrogen-bond acceptors (Lipinski definition) is 2. The average Bonchev–Trinajstić information content (AvgIpc) is 3.29. The smallest absolute Gasteiger partial charge is 0.338 e. The van der Waals surface area contributed by atoms with Gasteiger partial charge in [0.25, 0.3) is 0 Å². The first kappa shape index (κ1) is 19.2. The second kappa shape index (κ2) is 11.7. The fourth-order valence-electron chi connectivity index (χ4n) is 2.77. The Morgan fingerprint density at radius 1 is 0.955 bits per heavy atom. The van der Waals surface area contributed by atoms with E-state index in [2.05, 4.69) is 19.1 Å². The minimum absolute atomic E-state index is 0.406. The molecule has 1 heterocycles. The number of aliphatic carboxylic acids is 1. The maximum atomic E-state index is 10.9. The van der Waals surface area contributed by atoms with Crippen LogP contribution in [0.15, 0.2) is 12.2 Å². The first-order valence-corrected chi connectivity index (χ1v) is 9.23. The van der Waals surface area contributed by atoms with Crippen LogP contribution >= 0.6 is 0 Å². The highest BCUT2D eigenvalue weighted by molar-refractivity contribution is 5.80. The number of carboxylic acids is 1. The Bertz CT molecular complexity index is 319. The van der Waals surface area contributed by atoms with Gasteiger partial charge < -0.3 is 9.84 Å². The Kier molecular flexibility index (Phi) is 10.2. The van der Waals surface area contributed by atoms with Crippen LogP contribution in [0.3, 0.4) is 0 Å². The lowest BCUT2D eigenvalue weighted by atomic mass is 10.0. The predicted molar refractivity (Wildman–Crippen MR) is 91.2 cm³/mol. The van der Waals surface area contributed by atoms with Crippen LogP contribution in [0.5, 0.6) is 0 Å². The Morgan fingerprint density at radius 2 is 1.45 bits per heavy atom. The number of carbonyl (C=O) groups is 1. The van der Waals surface area contributed by atoms with Crippen molar-refractivity contribution in [3.05, 3.63) is 12.2 Å². The summed E-state index contributed by atoms with van der Waals surface area (Å²) in [6.07, 6.45) is 20.4. The zero-order chi connectivity index (χ0) is 16.1. The van der Waals surface area contributed by atoms with E-state index in [1.165, 1.54) is 57.8 Å². The van der Waals surface area contributed by atoms with E-state index in [0.717, 1.165) is 19.3 Å². The van der Waals surface area contributed by atoms with E-state index >= 15 is 0 Å². The minimum Gasteiger partial charge on any atom is -0.479 e. The molecule has 128 valence electrons. The highest BCUT2D eigenvalue weighted by Crippen LogP contribution is 2.33.